The summed E-state index contributed by atoms with van der Waals surface area (Å²) in [6.45, 7) is 1.40. The summed E-state index contributed by atoms with van der Waals surface area (Å²) in [6.07, 6.45) is 0. The largest absolute Gasteiger partial charge is 0.422 e. The van der Waals surface area contributed by atoms with Gasteiger partial charge in [-0.3, -0.25) is 9.59 Å². The van der Waals surface area contributed by atoms with Crippen LogP contribution in [0.5, 0.6) is 0 Å². The van der Waals surface area contributed by atoms with Crippen molar-refractivity contribution in [1.82, 2.24) is 10.2 Å². The van der Waals surface area contributed by atoms with Crippen LogP contribution in [-0.4, -0.2) is 49.1 Å². The van der Waals surface area contributed by atoms with Gasteiger partial charge in [0.05, 0.1) is 30.7 Å². The van der Waals surface area contributed by atoms with E-state index in [0.29, 0.717) is 48.6 Å². The number of carbonyl (C=O) groups is 2. The molecule has 0 radical (unpaired) electrons. The smallest absolute Gasteiger partial charge is 0.344 e. The second kappa shape index (κ2) is 7.42. The van der Waals surface area contributed by atoms with E-state index in [1.54, 1.807) is 41.3 Å². The Hall–Kier alpha value is -3.45. The van der Waals surface area contributed by atoms with Gasteiger partial charge in [-0.2, -0.15) is 0 Å². The Balaban J connectivity index is 1.48. The number of hydrogen-bond acceptors (Lipinski definition) is 5. The minimum atomic E-state index is -0.449. The van der Waals surface area contributed by atoms with Crippen LogP contribution in [0.4, 0.5) is 0 Å². The van der Waals surface area contributed by atoms with Gasteiger partial charge in [0, 0.05) is 24.0 Å². The first kappa shape index (κ1) is 18.6. The van der Waals surface area contributed by atoms with Gasteiger partial charge in [0.25, 0.3) is 5.91 Å². The molecule has 0 aliphatic carbocycles. The quantitative estimate of drug-likeness (QED) is 0.661. The van der Waals surface area contributed by atoms with E-state index in [0.717, 1.165) is 5.39 Å². The maximum atomic E-state index is 13.2. The Kier molecular flexibility index (Phi) is 4.59. The Morgan fingerprint density at radius 2 is 1.87 bits per heavy atom. The van der Waals surface area contributed by atoms with Crippen LogP contribution in [0.2, 0.25) is 0 Å². The number of benzene rings is 2. The van der Waals surface area contributed by atoms with Crippen molar-refractivity contribution in [3.05, 3.63) is 70.6 Å². The second-order valence-electron chi connectivity index (χ2n) is 7.72. The SMILES string of the molecule is O=C1N[C@@H]2COC[C@H]1CN(C(=O)c1cccc(-c3cc4ccccc4oc3=O)c1)C2. The fourth-order valence-electron chi connectivity index (χ4n) is 4.06. The predicted molar refractivity (Wildman–Crippen MR) is 110 cm³/mol. The van der Waals surface area contributed by atoms with Gasteiger partial charge in [-0.1, -0.05) is 30.3 Å². The number of amides is 2. The number of hydrogen-bond donors (Lipinski definition) is 1. The van der Waals surface area contributed by atoms with Gasteiger partial charge in [-0.25, -0.2) is 4.79 Å². The van der Waals surface area contributed by atoms with E-state index in [-0.39, 0.29) is 23.8 Å². The van der Waals surface area contributed by atoms with E-state index < -0.39 is 5.63 Å². The minimum Gasteiger partial charge on any atom is -0.422 e. The molecule has 152 valence electrons. The standard InChI is InChI=1S/C23H20N2O5/c26-21-17-10-25(11-18(24-21)13-29-12-17)22(27)16-6-3-5-14(8-16)19-9-15-4-1-2-7-20(15)30-23(19)28/h1-9,17-18H,10-13H2,(H,24,26)/t17-,18+/m1/s1. The third-order valence-corrected chi connectivity index (χ3v) is 5.59. The summed E-state index contributed by atoms with van der Waals surface area (Å²) in [4.78, 5) is 39.6. The van der Waals surface area contributed by atoms with Crippen molar-refractivity contribution in [2.75, 3.05) is 26.3 Å². The van der Waals surface area contributed by atoms with E-state index >= 15 is 0 Å². The van der Waals surface area contributed by atoms with E-state index in [9.17, 15) is 14.4 Å². The number of rotatable bonds is 2. The molecule has 2 aliphatic rings. The lowest BCUT2D eigenvalue weighted by Crippen LogP contribution is -2.44. The fourth-order valence-corrected chi connectivity index (χ4v) is 4.06. The van der Waals surface area contributed by atoms with Gasteiger partial charge >= 0.3 is 5.63 Å². The van der Waals surface area contributed by atoms with E-state index in [1.807, 2.05) is 18.2 Å². The molecule has 2 aromatic carbocycles. The second-order valence-corrected chi connectivity index (χ2v) is 7.72. The molecule has 2 bridgehead atoms. The van der Waals surface area contributed by atoms with Crippen molar-refractivity contribution in [3.8, 4) is 11.1 Å². The molecule has 3 aromatic rings. The van der Waals surface area contributed by atoms with Crippen LogP contribution in [0.25, 0.3) is 22.1 Å². The molecule has 0 saturated carbocycles. The first-order valence-electron chi connectivity index (χ1n) is 9.89. The molecule has 1 N–H and O–H groups in total. The Morgan fingerprint density at radius 1 is 1.00 bits per heavy atom. The molecule has 0 spiro atoms. The number of carbonyl (C=O) groups excluding carboxylic acids is 2. The molecular formula is C23H20N2O5. The molecule has 2 amide bonds. The average molecular weight is 404 g/mol. The Bertz CT molecular complexity index is 1200. The third-order valence-electron chi connectivity index (χ3n) is 5.59. The lowest BCUT2D eigenvalue weighted by atomic mass is 10.0. The number of para-hydroxylation sites is 1. The molecule has 7 heteroatoms. The van der Waals surface area contributed by atoms with Gasteiger partial charge in [-0.05, 0) is 29.8 Å². The maximum Gasteiger partial charge on any atom is 0.344 e. The highest BCUT2D eigenvalue weighted by Gasteiger charge is 2.35. The monoisotopic (exact) mass is 404 g/mol. The summed E-state index contributed by atoms with van der Waals surface area (Å²) >= 11 is 0. The first-order valence-corrected chi connectivity index (χ1v) is 9.89. The van der Waals surface area contributed by atoms with Crippen molar-refractivity contribution in [2.24, 2.45) is 5.92 Å². The molecule has 5 rings (SSSR count). The van der Waals surface area contributed by atoms with Gasteiger partial charge in [0.2, 0.25) is 5.91 Å². The molecule has 3 heterocycles. The van der Waals surface area contributed by atoms with E-state index in [2.05, 4.69) is 5.32 Å². The summed E-state index contributed by atoms with van der Waals surface area (Å²) in [6, 6.07) is 15.8. The van der Waals surface area contributed by atoms with Crippen LogP contribution in [0.3, 0.4) is 0 Å². The molecule has 30 heavy (non-hydrogen) atoms. The topological polar surface area (TPSA) is 88.8 Å². The number of fused-ring (bicyclic) bond motifs is 4. The van der Waals surface area contributed by atoms with Crippen molar-refractivity contribution in [2.45, 2.75) is 6.04 Å². The van der Waals surface area contributed by atoms with Crippen molar-refractivity contribution < 1.29 is 18.7 Å². The van der Waals surface area contributed by atoms with Crippen LogP contribution in [0, 0.1) is 5.92 Å². The van der Waals surface area contributed by atoms with Crippen molar-refractivity contribution >= 4 is 22.8 Å². The van der Waals surface area contributed by atoms with Gasteiger partial charge in [0.15, 0.2) is 0 Å². The van der Waals surface area contributed by atoms with E-state index in [4.69, 9.17) is 9.15 Å². The Morgan fingerprint density at radius 3 is 2.77 bits per heavy atom. The normalized spacial score (nSPS) is 21.2. The van der Waals surface area contributed by atoms with Gasteiger partial charge in [0.1, 0.15) is 5.58 Å². The van der Waals surface area contributed by atoms with Gasteiger partial charge in [-0.15, -0.1) is 0 Å². The molecular weight excluding hydrogens is 384 g/mol. The van der Waals surface area contributed by atoms with Crippen molar-refractivity contribution in [1.29, 1.82) is 0 Å². The summed E-state index contributed by atoms with van der Waals surface area (Å²) in [5, 5.41) is 3.74. The molecule has 0 unspecified atom stereocenters. The zero-order valence-corrected chi connectivity index (χ0v) is 16.2. The van der Waals surface area contributed by atoms with Gasteiger partial charge < -0.3 is 19.4 Å². The molecule has 2 saturated heterocycles. The summed E-state index contributed by atoms with van der Waals surface area (Å²) in [5.74, 6) is -0.622. The fraction of sp³-hybridized carbons (Fsp3) is 0.261. The number of ether oxygens (including phenoxy) is 1. The highest BCUT2D eigenvalue weighted by atomic mass is 16.5. The summed E-state index contributed by atoms with van der Waals surface area (Å²) in [7, 11) is 0. The van der Waals surface area contributed by atoms with E-state index in [1.165, 1.54) is 0 Å². The molecule has 1 aromatic heterocycles. The molecule has 2 aliphatic heterocycles. The molecule has 2 atom stereocenters. The van der Waals surface area contributed by atoms with Crippen LogP contribution >= 0.6 is 0 Å². The minimum absolute atomic E-state index is 0.0738. The Labute approximate surface area is 172 Å². The highest BCUT2D eigenvalue weighted by Crippen LogP contribution is 2.23. The van der Waals surface area contributed by atoms with Crippen LogP contribution in [0.1, 0.15) is 10.4 Å². The predicted octanol–water partition coefficient (Wildman–Crippen LogP) is 2.05. The summed E-state index contributed by atoms with van der Waals surface area (Å²) in [5.41, 5.74) is 1.56. The van der Waals surface area contributed by atoms with Crippen LogP contribution in [-0.2, 0) is 9.53 Å². The molecule has 7 nitrogen and oxygen atoms in total. The first-order chi connectivity index (χ1) is 14.6. The maximum absolute atomic E-state index is 13.2. The third kappa shape index (κ3) is 3.37. The number of nitrogens with one attached hydrogen (secondary N) is 1. The average Bonchev–Trinajstić information content (AvgIpc) is 3.01. The zero-order valence-electron chi connectivity index (χ0n) is 16.2. The lowest BCUT2D eigenvalue weighted by Gasteiger charge is -2.27. The zero-order chi connectivity index (χ0) is 20.7. The lowest BCUT2D eigenvalue weighted by molar-refractivity contribution is -0.125. The number of nitrogens with zero attached hydrogens (tertiary/aromatic N) is 1. The summed E-state index contributed by atoms with van der Waals surface area (Å²) < 4.78 is 11.0. The highest BCUT2D eigenvalue weighted by molar-refractivity contribution is 5.96. The van der Waals surface area contributed by atoms with Crippen molar-refractivity contribution in [3.63, 3.8) is 0 Å². The molecule has 2 fully saturated rings. The van der Waals surface area contributed by atoms with Crippen LogP contribution < -0.4 is 10.9 Å². The van der Waals surface area contributed by atoms with Crippen LogP contribution in [0.15, 0.2) is 63.8 Å².